The molecule has 1 saturated carbocycles. The summed E-state index contributed by atoms with van der Waals surface area (Å²) in [6, 6.07) is 15.1. The number of rotatable bonds is 14. The molecule has 1 aliphatic rings. The number of anilines is 1. The van der Waals surface area contributed by atoms with Gasteiger partial charge < -0.3 is 20.1 Å². The summed E-state index contributed by atoms with van der Waals surface area (Å²) in [4.78, 5) is 8.62. The van der Waals surface area contributed by atoms with Crippen molar-refractivity contribution >= 4 is 13.9 Å². The molecule has 0 amide bonds. The van der Waals surface area contributed by atoms with E-state index in [2.05, 4.69) is 39.4 Å². The molecule has 200 valence electrons. The van der Waals surface area contributed by atoms with Crippen LogP contribution in [0.25, 0.3) is 0 Å². The lowest BCUT2D eigenvalue weighted by Gasteiger charge is -2.38. The number of unbranched alkanes of at least 4 members (excludes halogenated alkanes) is 1. The summed E-state index contributed by atoms with van der Waals surface area (Å²) in [5.74, 6) is 0. The normalized spacial score (nSPS) is 16.6. The van der Waals surface area contributed by atoms with Crippen molar-refractivity contribution in [2.24, 2.45) is 0 Å². The predicted octanol–water partition coefficient (Wildman–Crippen LogP) is 7.07. The zero-order valence-corrected chi connectivity index (χ0v) is 21.7. The standard InChI is InChI=1S/C27H38F3N2O3P/c28-27(29,30)24-20-22(21-31-17-9-19-35-36(33)34)12-13-25(24)32-18-8-7-16-26(14-5-2-6-15-26)23-10-3-1-4-11-23/h1,3-4,10-13,20,31-32,36H,2,5-9,14-19,21H2,(H,33,34). The second kappa shape index (κ2) is 14.2. The summed E-state index contributed by atoms with van der Waals surface area (Å²) in [6.45, 7) is 1.38. The monoisotopic (exact) mass is 526 g/mol. The Morgan fingerprint density at radius 1 is 0.972 bits per heavy atom. The lowest BCUT2D eigenvalue weighted by molar-refractivity contribution is -0.137. The fraction of sp³-hybridized carbons (Fsp3) is 0.556. The lowest BCUT2D eigenvalue weighted by atomic mass is 9.67. The molecule has 3 rings (SSSR count). The van der Waals surface area contributed by atoms with E-state index in [1.807, 2.05) is 6.07 Å². The molecule has 1 aliphatic carbocycles. The maximum Gasteiger partial charge on any atom is 0.418 e. The Bertz CT molecular complexity index is 951. The number of benzene rings is 2. The fourth-order valence-corrected chi connectivity index (χ4v) is 5.51. The first-order valence-corrected chi connectivity index (χ1v) is 14.1. The van der Waals surface area contributed by atoms with Crippen LogP contribution in [-0.4, -0.2) is 24.6 Å². The van der Waals surface area contributed by atoms with Crippen LogP contribution in [0.2, 0.25) is 0 Å². The molecule has 1 atom stereocenters. The highest BCUT2D eigenvalue weighted by Crippen LogP contribution is 2.43. The fourth-order valence-electron chi connectivity index (χ4n) is 5.19. The minimum Gasteiger partial charge on any atom is -0.385 e. The van der Waals surface area contributed by atoms with E-state index >= 15 is 0 Å². The molecule has 1 unspecified atom stereocenters. The molecule has 3 N–H and O–H groups in total. The van der Waals surface area contributed by atoms with Crippen molar-refractivity contribution in [2.75, 3.05) is 25.0 Å². The first-order chi connectivity index (χ1) is 17.3. The van der Waals surface area contributed by atoms with Crippen LogP contribution in [0.5, 0.6) is 0 Å². The average molecular weight is 527 g/mol. The largest absolute Gasteiger partial charge is 0.418 e. The smallest absolute Gasteiger partial charge is 0.385 e. The molecule has 0 aromatic heterocycles. The third-order valence-corrected chi connectivity index (χ3v) is 7.49. The highest BCUT2D eigenvalue weighted by atomic mass is 31.1. The van der Waals surface area contributed by atoms with Crippen LogP contribution in [0.4, 0.5) is 18.9 Å². The molecule has 0 saturated heterocycles. The van der Waals surface area contributed by atoms with E-state index in [0.717, 1.165) is 19.3 Å². The quantitative estimate of drug-likeness (QED) is 0.181. The molecule has 2 aromatic carbocycles. The van der Waals surface area contributed by atoms with Gasteiger partial charge in [-0.3, -0.25) is 4.57 Å². The highest BCUT2D eigenvalue weighted by molar-refractivity contribution is 7.32. The van der Waals surface area contributed by atoms with Gasteiger partial charge in [0, 0.05) is 18.8 Å². The number of alkyl halides is 3. The van der Waals surface area contributed by atoms with Gasteiger partial charge in [-0.25, -0.2) is 0 Å². The molecule has 0 heterocycles. The zero-order chi connectivity index (χ0) is 25.9. The molecule has 1 fully saturated rings. The van der Waals surface area contributed by atoms with E-state index in [9.17, 15) is 17.7 Å². The molecule has 9 heteroatoms. The number of halogens is 3. The van der Waals surface area contributed by atoms with E-state index in [1.165, 1.54) is 49.8 Å². The van der Waals surface area contributed by atoms with Crippen LogP contribution in [-0.2, 0) is 27.2 Å². The maximum absolute atomic E-state index is 13.7. The Morgan fingerprint density at radius 3 is 2.42 bits per heavy atom. The van der Waals surface area contributed by atoms with E-state index in [4.69, 9.17) is 4.89 Å². The van der Waals surface area contributed by atoms with Gasteiger partial charge in [-0.2, -0.15) is 13.2 Å². The molecule has 0 spiro atoms. The van der Waals surface area contributed by atoms with Crippen molar-refractivity contribution in [3.8, 4) is 0 Å². The Morgan fingerprint density at radius 2 is 1.72 bits per heavy atom. The molecule has 0 aliphatic heterocycles. The van der Waals surface area contributed by atoms with E-state index in [-0.39, 0.29) is 24.3 Å². The zero-order valence-electron chi connectivity index (χ0n) is 20.7. The average Bonchev–Trinajstić information content (AvgIpc) is 2.87. The minimum absolute atomic E-state index is 0.114. The van der Waals surface area contributed by atoms with Gasteiger partial charge >= 0.3 is 14.4 Å². The Balaban J connectivity index is 1.50. The van der Waals surface area contributed by atoms with Crippen LogP contribution in [0, 0.1) is 0 Å². The number of hydrogen-bond acceptors (Lipinski definition) is 4. The third kappa shape index (κ3) is 8.91. The van der Waals surface area contributed by atoms with E-state index in [1.54, 1.807) is 6.07 Å². The van der Waals surface area contributed by atoms with Gasteiger partial charge in [-0.05, 0) is 67.3 Å². The van der Waals surface area contributed by atoms with Gasteiger partial charge in [0.05, 0.1) is 12.2 Å². The Labute approximate surface area is 212 Å². The third-order valence-electron chi connectivity index (χ3n) is 7.04. The molecule has 5 nitrogen and oxygen atoms in total. The van der Waals surface area contributed by atoms with Crippen LogP contribution >= 0.6 is 8.25 Å². The van der Waals surface area contributed by atoms with Crippen molar-refractivity contribution in [2.45, 2.75) is 75.9 Å². The van der Waals surface area contributed by atoms with Gasteiger partial charge in [0.1, 0.15) is 0 Å². The van der Waals surface area contributed by atoms with Crippen molar-refractivity contribution in [1.82, 2.24) is 5.32 Å². The molecule has 0 bridgehead atoms. The lowest BCUT2D eigenvalue weighted by Crippen LogP contribution is -2.29. The van der Waals surface area contributed by atoms with Gasteiger partial charge in [0.2, 0.25) is 0 Å². The first kappa shape index (κ1) is 28.7. The van der Waals surface area contributed by atoms with Crippen LogP contribution in [0.15, 0.2) is 48.5 Å². The molecule has 2 aromatic rings. The predicted molar refractivity (Wildman–Crippen MR) is 138 cm³/mol. The SMILES string of the molecule is O=[PH](O)OCCCNCc1ccc(NCCCCC2(c3ccccc3)CCCCC2)c(C(F)(F)F)c1. The van der Waals surface area contributed by atoms with Crippen LogP contribution < -0.4 is 10.6 Å². The first-order valence-electron chi connectivity index (χ1n) is 12.9. The van der Waals surface area contributed by atoms with Crippen LogP contribution in [0.1, 0.15) is 74.5 Å². The summed E-state index contributed by atoms with van der Waals surface area (Å²) in [7, 11) is -2.94. The summed E-state index contributed by atoms with van der Waals surface area (Å²) < 4.78 is 56.3. The van der Waals surface area contributed by atoms with Crippen molar-refractivity contribution in [3.63, 3.8) is 0 Å². The second-order valence-corrected chi connectivity index (χ2v) is 10.4. The Kier molecular flexibility index (Phi) is 11.3. The molecule has 0 radical (unpaired) electrons. The maximum atomic E-state index is 13.7. The highest BCUT2D eigenvalue weighted by Gasteiger charge is 2.34. The molecular formula is C27H38F3N2O3P. The van der Waals surface area contributed by atoms with Crippen molar-refractivity contribution in [1.29, 1.82) is 0 Å². The van der Waals surface area contributed by atoms with Gasteiger partial charge in [-0.1, -0.05) is 62.1 Å². The summed E-state index contributed by atoms with van der Waals surface area (Å²) in [5, 5.41) is 6.07. The van der Waals surface area contributed by atoms with E-state index in [0.29, 0.717) is 25.1 Å². The summed E-state index contributed by atoms with van der Waals surface area (Å²) in [6.07, 6.45) is 5.03. The number of hydrogen-bond donors (Lipinski definition) is 3. The number of nitrogens with one attached hydrogen (secondary N) is 2. The van der Waals surface area contributed by atoms with Gasteiger partial charge in [0.15, 0.2) is 0 Å². The van der Waals surface area contributed by atoms with Crippen molar-refractivity contribution in [3.05, 3.63) is 65.2 Å². The minimum atomic E-state index is -4.45. The van der Waals surface area contributed by atoms with Gasteiger partial charge in [0.25, 0.3) is 0 Å². The summed E-state index contributed by atoms with van der Waals surface area (Å²) in [5.41, 5.74) is 1.60. The van der Waals surface area contributed by atoms with Crippen molar-refractivity contribution < 1.29 is 27.2 Å². The topological polar surface area (TPSA) is 70.6 Å². The second-order valence-electron chi connectivity index (χ2n) is 9.61. The summed E-state index contributed by atoms with van der Waals surface area (Å²) >= 11 is 0. The van der Waals surface area contributed by atoms with Gasteiger partial charge in [-0.15, -0.1) is 0 Å². The Hall–Kier alpha value is -1.86. The van der Waals surface area contributed by atoms with E-state index < -0.39 is 20.0 Å². The molecular weight excluding hydrogens is 488 g/mol. The molecule has 36 heavy (non-hydrogen) atoms. The van der Waals surface area contributed by atoms with Crippen LogP contribution in [0.3, 0.4) is 0 Å².